The van der Waals surface area contributed by atoms with Crippen LogP contribution in [0.2, 0.25) is 0 Å². The Bertz CT molecular complexity index is 671. The number of pyridine rings is 1. The van der Waals surface area contributed by atoms with E-state index in [1.54, 1.807) is 0 Å². The van der Waals surface area contributed by atoms with Gasteiger partial charge in [0.1, 0.15) is 0 Å². The molecular weight excluding hydrogens is 206 g/mol. The Morgan fingerprint density at radius 2 is 1.76 bits per heavy atom. The van der Waals surface area contributed by atoms with Gasteiger partial charge in [-0.1, -0.05) is 42.5 Å². The van der Waals surface area contributed by atoms with Crippen molar-refractivity contribution in [3.05, 3.63) is 66.4 Å². The maximum atomic E-state index is 4.40. The van der Waals surface area contributed by atoms with Crippen LogP contribution in [0.3, 0.4) is 0 Å². The number of aryl methyl sites for hydroxylation is 1. The highest BCUT2D eigenvalue weighted by atomic mass is 14.6. The van der Waals surface area contributed by atoms with Crippen molar-refractivity contribution in [2.45, 2.75) is 6.92 Å². The van der Waals surface area contributed by atoms with Crippen LogP contribution in [0.1, 0.15) is 5.56 Å². The summed E-state index contributed by atoms with van der Waals surface area (Å²) in [6, 6.07) is 18.9. The van der Waals surface area contributed by atoms with Crippen LogP contribution in [0.25, 0.3) is 22.0 Å². The fraction of sp³-hybridized carbons (Fsp3) is 0.0625. The van der Waals surface area contributed by atoms with Crippen LogP contribution in [0.15, 0.2) is 60.8 Å². The highest BCUT2D eigenvalue weighted by Crippen LogP contribution is 2.25. The van der Waals surface area contributed by atoms with E-state index in [0.717, 1.165) is 5.52 Å². The number of hydrogen-bond donors (Lipinski definition) is 0. The second-order valence-electron chi connectivity index (χ2n) is 4.23. The molecule has 82 valence electrons. The summed E-state index contributed by atoms with van der Waals surface area (Å²) < 4.78 is 0. The van der Waals surface area contributed by atoms with E-state index in [1.807, 2.05) is 12.3 Å². The molecule has 0 radical (unpaired) electrons. The molecule has 0 saturated carbocycles. The van der Waals surface area contributed by atoms with Gasteiger partial charge in [-0.3, -0.25) is 4.98 Å². The van der Waals surface area contributed by atoms with Gasteiger partial charge in [-0.15, -0.1) is 0 Å². The standard InChI is InChI=1S/C16H13N/c1-12-5-2-3-7-15(12)14-9-8-13-6-4-10-17-16(13)11-14/h2-11H,1H3. The number of rotatable bonds is 1. The summed E-state index contributed by atoms with van der Waals surface area (Å²) in [7, 11) is 0. The van der Waals surface area contributed by atoms with E-state index in [-0.39, 0.29) is 0 Å². The second-order valence-corrected chi connectivity index (χ2v) is 4.23. The predicted octanol–water partition coefficient (Wildman–Crippen LogP) is 4.21. The van der Waals surface area contributed by atoms with E-state index in [4.69, 9.17) is 0 Å². The molecule has 3 rings (SSSR count). The maximum Gasteiger partial charge on any atom is 0.0708 e. The molecule has 1 nitrogen and oxygen atoms in total. The monoisotopic (exact) mass is 219 g/mol. The van der Waals surface area contributed by atoms with Gasteiger partial charge >= 0.3 is 0 Å². The molecular formula is C16H13N. The Morgan fingerprint density at radius 3 is 2.65 bits per heavy atom. The zero-order valence-corrected chi connectivity index (χ0v) is 9.72. The first kappa shape index (κ1) is 10.0. The molecule has 1 aromatic heterocycles. The molecule has 1 heterocycles. The summed E-state index contributed by atoms with van der Waals surface area (Å²) in [6.07, 6.45) is 1.84. The van der Waals surface area contributed by atoms with Gasteiger partial charge in [0.25, 0.3) is 0 Å². The van der Waals surface area contributed by atoms with Gasteiger partial charge in [-0.05, 0) is 35.7 Å². The van der Waals surface area contributed by atoms with Crippen LogP contribution in [-0.4, -0.2) is 4.98 Å². The third-order valence-electron chi connectivity index (χ3n) is 3.06. The first-order valence-corrected chi connectivity index (χ1v) is 5.75. The Hall–Kier alpha value is -2.15. The fourth-order valence-electron chi connectivity index (χ4n) is 2.13. The molecule has 0 atom stereocenters. The van der Waals surface area contributed by atoms with Crippen LogP contribution in [0.5, 0.6) is 0 Å². The molecule has 0 amide bonds. The van der Waals surface area contributed by atoms with E-state index >= 15 is 0 Å². The molecule has 2 aromatic carbocycles. The summed E-state index contributed by atoms with van der Waals surface area (Å²) in [6.45, 7) is 2.14. The molecule has 0 saturated heterocycles. The van der Waals surface area contributed by atoms with Gasteiger partial charge < -0.3 is 0 Å². The Morgan fingerprint density at radius 1 is 0.882 bits per heavy atom. The average Bonchev–Trinajstić information content (AvgIpc) is 2.39. The van der Waals surface area contributed by atoms with Crippen molar-refractivity contribution in [1.29, 1.82) is 0 Å². The summed E-state index contributed by atoms with van der Waals surface area (Å²) in [5.74, 6) is 0. The number of aromatic nitrogens is 1. The third kappa shape index (κ3) is 1.80. The number of fused-ring (bicyclic) bond motifs is 1. The Labute approximate surface area is 101 Å². The van der Waals surface area contributed by atoms with Crippen LogP contribution in [-0.2, 0) is 0 Å². The van der Waals surface area contributed by atoms with Crippen molar-refractivity contribution in [2.24, 2.45) is 0 Å². The molecule has 0 bridgehead atoms. The fourth-order valence-corrected chi connectivity index (χ4v) is 2.13. The van der Waals surface area contributed by atoms with E-state index < -0.39 is 0 Å². The molecule has 1 heteroatoms. The van der Waals surface area contributed by atoms with Gasteiger partial charge in [0, 0.05) is 11.6 Å². The van der Waals surface area contributed by atoms with Gasteiger partial charge in [0.05, 0.1) is 5.52 Å². The molecule has 0 spiro atoms. The summed E-state index contributed by atoms with van der Waals surface area (Å²) in [5, 5.41) is 1.19. The van der Waals surface area contributed by atoms with Crippen molar-refractivity contribution in [3.63, 3.8) is 0 Å². The smallest absolute Gasteiger partial charge is 0.0708 e. The third-order valence-corrected chi connectivity index (χ3v) is 3.06. The van der Waals surface area contributed by atoms with Crippen molar-refractivity contribution in [1.82, 2.24) is 4.98 Å². The molecule has 0 aliphatic rings. The normalized spacial score (nSPS) is 10.6. The minimum atomic E-state index is 1.05. The molecule has 0 N–H and O–H groups in total. The van der Waals surface area contributed by atoms with Crippen LogP contribution < -0.4 is 0 Å². The van der Waals surface area contributed by atoms with Gasteiger partial charge in [-0.25, -0.2) is 0 Å². The molecule has 3 aromatic rings. The largest absolute Gasteiger partial charge is 0.256 e. The van der Waals surface area contributed by atoms with Crippen molar-refractivity contribution >= 4 is 10.9 Å². The predicted molar refractivity (Wildman–Crippen MR) is 71.9 cm³/mol. The van der Waals surface area contributed by atoms with Crippen LogP contribution >= 0.6 is 0 Å². The Balaban J connectivity index is 2.22. The van der Waals surface area contributed by atoms with Gasteiger partial charge in [0.2, 0.25) is 0 Å². The van der Waals surface area contributed by atoms with E-state index in [1.165, 1.54) is 22.1 Å². The van der Waals surface area contributed by atoms with Crippen molar-refractivity contribution < 1.29 is 0 Å². The van der Waals surface area contributed by atoms with Gasteiger partial charge in [-0.2, -0.15) is 0 Å². The quantitative estimate of drug-likeness (QED) is 0.597. The van der Waals surface area contributed by atoms with Crippen molar-refractivity contribution in [3.8, 4) is 11.1 Å². The SMILES string of the molecule is Cc1ccccc1-c1ccc2cccnc2c1. The highest BCUT2D eigenvalue weighted by Gasteiger charge is 2.02. The number of hydrogen-bond acceptors (Lipinski definition) is 1. The van der Waals surface area contributed by atoms with Crippen molar-refractivity contribution in [2.75, 3.05) is 0 Å². The molecule has 0 aliphatic heterocycles. The lowest BCUT2D eigenvalue weighted by Gasteiger charge is -2.06. The van der Waals surface area contributed by atoms with Gasteiger partial charge in [0.15, 0.2) is 0 Å². The summed E-state index contributed by atoms with van der Waals surface area (Å²) >= 11 is 0. The minimum Gasteiger partial charge on any atom is -0.256 e. The molecule has 17 heavy (non-hydrogen) atoms. The molecule has 0 unspecified atom stereocenters. The van der Waals surface area contributed by atoms with Crippen LogP contribution in [0.4, 0.5) is 0 Å². The van der Waals surface area contributed by atoms with E-state index in [0.29, 0.717) is 0 Å². The average molecular weight is 219 g/mol. The first-order valence-electron chi connectivity index (χ1n) is 5.75. The zero-order chi connectivity index (χ0) is 11.7. The summed E-state index contributed by atoms with van der Waals surface area (Å²) in [5.41, 5.74) is 4.85. The lowest BCUT2D eigenvalue weighted by Crippen LogP contribution is -1.84. The zero-order valence-electron chi connectivity index (χ0n) is 9.72. The maximum absolute atomic E-state index is 4.40. The lowest BCUT2D eigenvalue weighted by atomic mass is 9.99. The van der Waals surface area contributed by atoms with E-state index in [9.17, 15) is 0 Å². The molecule has 0 fully saturated rings. The van der Waals surface area contributed by atoms with Crippen LogP contribution in [0, 0.1) is 6.92 Å². The first-order chi connectivity index (χ1) is 8.34. The van der Waals surface area contributed by atoms with E-state index in [2.05, 4.69) is 60.4 Å². The Kier molecular flexibility index (Phi) is 2.37. The molecule has 0 aliphatic carbocycles. The number of nitrogens with zero attached hydrogens (tertiary/aromatic N) is 1. The topological polar surface area (TPSA) is 12.9 Å². The highest BCUT2D eigenvalue weighted by molar-refractivity contribution is 5.84. The summed E-state index contributed by atoms with van der Waals surface area (Å²) in [4.78, 5) is 4.40. The number of benzene rings is 2. The lowest BCUT2D eigenvalue weighted by molar-refractivity contribution is 1.41. The minimum absolute atomic E-state index is 1.05. The second kappa shape index (κ2) is 4.02.